The highest BCUT2D eigenvalue weighted by molar-refractivity contribution is 14.1. The summed E-state index contributed by atoms with van der Waals surface area (Å²) in [5.74, 6) is -1.93. The Bertz CT molecular complexity index is 581. The Hall–Kier alpha value is -1.78. The van der Waals surface area contributed by atoms with E-state index in [2.05, 4.69) is 18.2 Å². The number of rotatable bonds is 2. The maximum absolute atomic E-state index is 11.4. The highest BCUT2D eigenvalue weighted by Gasteiger charge is 2.17. The monoisotopic (exact) mass is 334 g/mol. The smallest absolute Gasteiger partial charge is 0.364 e. The lowest BCUT2D eigenvalue weighted by atomic mass is 10.3. The van der Waals surface area contributed by atoms with E-state index in [4.69, 9.17) is 5.11 Å². The molecule has 0 aliphatic heterocycles. The second kappa shape index (κ2) is 4.00. The molecule has 8 nitrogen and oxygen atoms in total. The molecule has 0 amide bonds. The van der Waals surface area contributed by atoms with E-state index >= 15 is 0 Å². The third kappa shape index (κ3) is 1.68. The molecule has 0 unspecified atom stereocenters. The minimum Gasteiger partial charge on any atom is -0.477 e. The van der Waals surface area contributed by atoms with Gasteiger partial charge in [0.1, 0.15) is 12.0 Å². The number of carbonyl (C=O) groups excluding carboxylic acids is 1. The Kier molecular flexibility index (Phi) is 2.68. The summed E-state index contributed by atoms with van der Waals surface area (Å²) in [4.78, 5) is 25.8. The molecule has 2 aromatic rings. The van der Waals surface area contributed by atoms with Crippen LogP contribution in [0.2, 0.25) is 0 Å². The standard InChI is InChI=1S/C7H3IN4O4/c8-16-6(15)4-1-3(5(13)14)10-7-11-9-2-12(4)7/h1-2H,(H,13,14). The molecular weight excluding hydrogens is 331 g/mol. The first-order valence-electron chi connectivity index (χ1n) is 3.90. The van der Waals surface area contributed by atoms with E-state index in [9.17, 15) is 9.59 Å². The van der Waals surface area contributed by atoms with E-state index in [-0.39, 0.29) is 17.2 Å². The van der Waals surface area contributed by atoms with Crippen molar-refractivity contribution in [1.82, 2.24) is 19.6 Å². The highest BCUT2D eigenvalue weighted by Crippen LogP contribution is 2.09. The third-order valence-corrected chi connectivity index (χ3v) is 2.18. The first-order valence-corrected chi connectivity index (χ1v) is 4.78. The second-order valence-corrected chi connectivity index (χ2v) is 3.14. The first kappa shape index (κ1) is 10.7. The molecule has 2 rings (SSSR count). The minimum absolute atomic E-state index is 0.00167. The van der Waals surface area contributed by atoms with Crippen LogP contribution >= 0.6 is 23.0 Å². The number of hydrogen-bond acceptors (Lipinski definition) is 6. The fourth-order valence-corrected chi connectivity index (χ4v) is 1.35. The Labute approximate surface area is 102 Å². The highest BCUT2D eigenvalue weighted by atomic mass is 127. The summed E-state index contributed by atoms with van der Waals surface area (Å²) in [6.45, 7) is 0. The Morgan fingerprint density at radius 3 is 2.88 bits per heavy atom. The molecule has 0 fully saturated rings. The second-order valence-electron chi connectivity index (χ2n) is 2.70. The molecule has 0 aliphatic rings. The molecule has 9 heteroatoms. The van der Waals surface area contributed by atoms with Gasteiger partial charge in [-0.2, -0.15) is 0 Å². The average molecular weight is 334 g/mol. The number of halogens is 1. The quantitative estimate of drug-likeness (QED) is 0.789. The molecule has 0 spiro atoms. The van der Waals surface area contributed by atoms with Gasteiger partial charge in [0.25, 0.3) is 5.78 Å². The number of carboxylic acid groups (broad SMARTS) is 1. The van der Waals surface area contributed by atoms with Crippen molar-refractivity contribution < 1.29 is 17.8 Å². The van der Waals surface area contributed by atoms with E-state index in [1.54, 1.807) is 0 Å². The molecule has 0 aliphatic carbocycles. The molecular formula is C7H3IN4O4. The van der Waals surface area contributed by atoms with Crippen LogP contribution in [0.25, 0.3) is 5.78 Å². The maximum Gasteiger partial charge on any atom is 0.364 e. The van der Waals surface area contributed by atoms with Gasteiger partial charge in [0.2, 0.25) is 0 Å². The fraction of sp³-hybridized carbons (Fsp3) is 0. The van der Waals surface area contributed by atoms with Gasteiger partial charge in [0, 0.05) is 6.07 Å². The predicted octanol–water partition coefficient (Wildman–Crippen LogP) is 0.329. The molecule has 0 radical (unpaired) electrons. The number of aromatic carboxylic acids is 1. The van der Waals surface area contributed by atoms with Crippen molar-refractivity contribution in [3.63, 3.8) is 0 Å². The van der Waals surface area contributed by atoms with Crippen molar-refractivity contribution in [3.05, 3.63) is 23.8 Å². The van der Waals surface area contributed by atoms with Gasteiger partial charge < -0.3 is 8.17 Å². The van der Waals surface area contributed by atoms with Crippen molar-refractivity contribution in [1.29, 1.82) is 0 Å². The van der Waals surface area contributed by atoms with Crippen molar-refractivity contribution in [2.45, 2.75) is 0 Å². The number of hydrogen-bond donors (Lipinski definition) is 1. The van der Waals surface area contributed by atoms with Gasteiger partial charge in [-0.3, -0.25) is 4.40 Å². The molecule has 82 valence electrons. The molecule has 0 atom stereocenters. The largest absolute Gasteiger partial charge is 0.477 e. The van der Waals surface area contributed by atoms with Crippen LogP contribution < -0.4 is 0 Å². The van der Waals surface area contributed by atoms with Gasteiger partial charge in [0.15, 0.2) is 28.7 Å². The number of fused-ring (bicyclic) bond motifs is 1. The zero-order valence-electron chi connectivity index (χ0n) is 7.49. The number of nitrogens with zero attached hydrogens (tertiary/aromatic N) is 4. The molecule has 0 bridgehead atoms. The SMILES string of the molecule is O=C(O)c1cc(C(=O)OI)n2cnnc2n1. The molecule has 0 aromatic carbocycles. The van der Waals surface area contributed by atoms with E-state index in [1.165, 1.54) is 33.7 Å². The first-order chi connectivity index (χ1) is 7.63. The van der Waals surface area contributed by atoms with Crippen LogP contribution in [0, 0.1) is 0 Å². The van der Waals surface area contributed by atoms with Crippen LogP contribution in [0.3, 0.4) is 0 Å². The summed E-state index contributed by atoms with van der Waals surface area (Å²) in [6, 6.07) is 1.10. The van der Waals surface area contributed by atoms with Crippen LogP contribution in [0.4, 0.5) is 0 Å². The third-order valence-electron chi connectivity index (χ3n) is 1.78. The summed E-state index contributed by atoms with van der Waals surface area (Å²) >= 11 is 1.41. The number of carbonyl (C=O) groups is 2. The van der Waals surface area contributed by atoms with Gasteiger partial charge >= 0.3 is 11.9 Å². The van der Waals surface area contributed by atoms with Crippen molar-refractivity contribution in [3.8, 4) is 0 Å². The van der Waals surface area contributed by atoms with Crippen molar-refractivity contribution in [2.75, 3.05) is 0 Å². The van der Waals surface area contributed by atoms with Gasteiger partial charge in [-0.25, -0.2) is 14.6 Å². The Balaban J connectivity index is 2.73. The Morgan fingerprint density at radius 1 is 1.50 bits per heavy atom. The maximum atomic E-state index is 11.4. The lowest BCUT2D eigenvalue weighted by molar-refractivity contribution is 0.0690. The summed E-state index contributed by atoms with van der Waals surface area (Å²) < 4.78 is 5.73. The van der Waals surface area contributed by atoms with Gasteiger partial charge in [-0.15, -0.1) is 10.2 Å². The normalized spacial score (nSPS) is 10.3. The lowest BCUT2D eigenvalue weighted by Crippen LogP contribution is -2.11. The molecule has 1 N–H and O–H groups in total. The molecule has 2 aromatic heterocycles. The van der Waals surface area contributed by atoms with Crippen LogP contribution in [0.5, 0.6) is 0 Å². The van der Waals surface area contributed by atoms with Gasteiger partial charge in [-0.05, 0) is 0 Å². The van der Waals surface area contributed by atoms with Crippen molar-refractivity contribution in [2.24, 2.45) is 0 Å². The van der Waals surface area contributed by atoms with E-state index < -0.39 is 11.9 Å². The minimum atomic E-state index is -1.26. The zero-order valence-corrected chi connectivity index (χ0v) is 9.65. The number of carboxylic acids is 1. The van der Waals surface area contributed by atoms with E-state index in [1.807, 2.05) is 0 Å². The van der Waals surface area contributed by atoms with Crippen LogP contribution in [0.1, 0.15) is 21.0 Å². The summed E-state index contributed by atoms with van der Waals surface area (Å²) in [5, 5.41) is 15.9. The molecule has 2 heterocycles. The summed E-state index contributed by atoms with van der Waals surface area (Å²) in [7, 11) is 0. The molecule has 0 saturated carbocycles. The summed E-state index contributed by atoms with van der Waals surface area (Å²) in [5.41, 5.74) is -0.292. The van der Waals surface area contributed by atoms with E-state index in [0.29, 0.717) is 0 Å². The zero-order chi connectivity index (χ0) is 11.7. The average Bonchev–Trinajstić information content (AvgIpc) is 2.74. The fourth-order valence-electron chi connectivity index (χ4n) is 1.12. The molecule has 16 heavy (non-hydrogen) atoms. The van der Waals surface area contributed by atoms with Crippen molar-refractivity contribution >= 4 is 40.7 Å². The predicted molar refractivity (Wildman–Crippen MR) is 57.2 cm³/mol. The van der Waals surface area contributed by atoms with Crippen LogP contribution in [-0.2, 0) is 3.07 Å². The van der Waals surface area contributed by atoms with Crippen LogP contribution in [-0.4, -0.2) is 36.6 Å². The van der Waals surface area contributed by atoms with Gasteiger partial charge in [0.05, 0.1) is 0 Å². The van der Waals surface area contributed by atoms with Gasteiger partial charge in [-0.1, -0.05) is 0 Å². The number of aromatic nitrogens is 4. The topological polar surface area (TPSA) is 107 Å². The van der Waals surface area contributed by atoms with Crippen LogP contribution in [0.15, 0.2) is 12.4 Å². The molecule has 0 saturated heterocycles. The Morgan fingerprint density at radius 2 is 2.25 bits per heavy atom. The lowest BCUT2D eigenvalue weighted by Gasteiger charge is -2.01. The summed E-state index contributed by atoms with van der Waals surface area (Å²) in [6.07, 6.45) is 1.25. The van der Waals surface area contributed by atoms with E-state index in [0.717, 1.165) is 6.07 Å².